The van der Waals surface area contributed by atoms with Crippen molar-refractivity contribution in [1.82, 2.24) is 9.78 Å². The highest BCUT2D eigenvalue weighted by Crippen LogP contribution is 2.52. The minimum atomic E-state index is 0.0384. The summed E-state index contributed by atoms with van der Waals surface area (Å²) >= 11 is 0. The molecule has 0 bridgehead atoms. The molecule has 2 fully saturated rings. The second kappa shape index (κ2) is 6.23. The van der Waals surface area contributed by atoms with Crippen molar-refractivity contribution in [1.29, 1.82) is 5.26 Å². The smallest absolute Gasteiger partial charge is 0.192 e. The highest BCUT2D eigenvalue weighted by Gasteiger charge is 2.38. The molecule has 2 aliphatic rings. The fourth-order valence-electron chi connectivity index (χ4n) is 3.11. The van der Waals surface area contributed by atoms with Gasteiger partial charge in [0.1, 0.15) is 11.4 Å². The van der Waals surface area contributed by atoms with E-state index in [4.69, 9.17) is 16.4 Å². The van der Waals surface area contributed by atoms with Gasteiger partial charge < -0.3 is 9.84 Å². The molecular formula is C19H18N4O2. The number of aliphatic hydroxyl groups is 1. The SMILES string of the molecule is [C-]#[N+]c1cc(C#N)cc(Oc2c(C3CC3)nn(CCO)c2C2CC2)c1. The fraction of sp³-hybridized carbons (Fsp3) is 0.421. The molecule has 0 unspecified atom stereocenters. The topological polar surface area (TPSA) is 75.4 Å². The summed E-state index contributed by atoms with van der Waals surface area (Å²) in [5.74, 6) is 2.09. The predicted molar refractivity (Wildman–Crippen MR) is 90.8 cm³/mol. The van der Waals surface area contributed by atoms with Gasteiger partial charge in [-0.25, -0.2) is 4.85 Å². The van der Waals surface area contributed by atoms with Crippen LogP contribution >= 0.6 is 0 Å². The van der Waals surface area contributed by atoms with Crippen molar-refractivity contribution in [3.05, 3.63) is 46.6 Å². The van der Waals surface area contributed by atoms with E-state index in [0.29, 0.717) is 35.4 Å². The first kappa shape index (κ1) is 15.7. The average molecular weight is 334 g/mol. The van der Waals surface area contributed by atoms with Crippen LogP contribution in [0.3, 0.4) is 0 Å². The molecule has 1 heterocycles. The van der Waals surface area contributed by atoms with Gasteiger partial charge in [-0.1, -0.05) is 0 Å². The van der Waals surface area contributed by atoms with Gasteiger partial charge in [-0.2, -0.15) is 10.4 Å². The van der Waals surface area contributed by atoms with Gasteiger partial charge in [-0.15, -0.1) is 0 Å². The molecule has 126 valence electrons. The molecule has 2 aliphatic carbocycles. The second-order valence-corrected chi connectivity index (χ2v) is 6.64. The van der Waals surface area contributed by atoms with Crippen LogP contribution in [0.5, 0.6) is 11.5 Å². The fourth-order valence-corrected chi connectivity index (χ4v) is 3.11. The Morgan fingerprint density at radius 1 is 1.28 bits per heavy atom. The Hall–Kier alpha value is -2.83. The van der Waals surface area contributed by atoms with E-state index in [9.17, 15) is 10.4 Å². The van der Waals surface area contributed by atoms with Gasteiger partial charge in [0.2, 0.25) is 0 Å². The third-order valence-electron chi connectivity index (χ3n) is 4.58. The van der Waals surface area contributed by atoms with Crippen molar-refractivity contribution in [3.8, 4) is 17.6 Å². The summed E-state index contributed by atoms with van der Waals surface area (Å²) in [6.07, 6.45) is 4.40. The lowest BCUT2D eigenvalue weighted by Crippen LogP contribution is -2.07. The van der Waals surface area contributed by atoms with Gasteiger partial charge >= 0.3 is 0 Å². The molecule has 2 saturated carbocycles. The molecule has 6 heteroatoms. The Morgan fingerprint density at radius 3 is 2.64 bits per heavy atom. The number of hydrogen-bond donors (Lipinski definition) is 1. The average Bonchev–Trinajstić information content (AvgIpc) is 3.54. The lowest BCUT2D eigenvalue weighted by Gasteiger charge is -2.10. The quantitative estimate of drug-likeness (QED) is 0.814. The lowest BCUT2D eigenvalue weighted by atomic mass is 10.1. The number of aliphatic hydroxyl groups excluding tert-OH is 1. The highest BCUT2D eigenvalue weighted by atomic mass is 16.5. The summed E-state index contributed by atoms with van der Waals surface area (Å²) in [6.45, 7) is 7.70. The molecule has 25 heavy (non-hydrogen) atoms. The van der Waals surface area contributed by atoms with Gasteiger partial charge in [0.05, 0.1) is 31.5 Å². The summed E-state index contributed by atoms with van der Waals surface area (Å²) < 4.78 is 8.08. The second-order valence-electron chi connectivity index (χ2n) is 6.64. The van der Waals surface area contributed by atoms with Gasteiger partial charge in [-0.05, 0) is 43.9 Å². The molecule has 0 amide bonds. The molecule has 1 aromatic heterocycles. The molecule has 0 atom stereocenters. The van der Waals surface area contributed by atoms with Crippen LogP contribution in [0.25, 0.3) is 4.85 Å². The van der Waals surface area contributed by atoms with Crippen molar-refractivity contribution in [2.24, 2.45) is 0 Å². The number of ether oxygens (including phenoxy) is 1. The Kier molecular flexibility index (Phi) is 3.91. The van der Waals surface area contributed by atoms with Crippen LogP contribution in [0, 0.1) is 17.9 Å². The molecule has 2 aromatic rings. The van der Waals surface area contributed by atoms with Crippen LogP contribution in [-0.4, -0.2) is 21.5 Å². The largest absolute Gasteiger partial charge is 0.455 e. The van der Waals surface area contributed by atoms with Crippen LogP contribution in [-0.2, 0) is 6.54 Å². The molecule has 1 aromatic carbocycles. The van der Waals surface area contributed by atoms with Gasteiger partial charge in [-0.3, -0.25) is 4.68 Å². The standard InChI is InChI=1S/C19H18N4O2/c1-21-15-8-12(11-20)9-16(10-15)25-19-17(13-2-3-13)22-23(6-7-24)18(19)14-4-5-14/h8-10,13-14,24H,2-7H2. The third kappa shape index (κ3) is 3.09. The third-order valence-corrected chi connectivity index (χ3v) is 4.58. The van der Waals surface area contributed by atoms with Crippen LogP contribution in [0.1, 0.15) is 54.5 Å². The molecule has 0 saturated heterocycles. The Morgan fingerprint density at radius 2 is 2.04 bits per heavy atom. The maximum atomic E-state index is 9.36. The molecular weight excluding hydrogens is 316 g/mol. The maximum absolute atomic E-state index is 9.36. The number of rotatable bonds is 6. The van der Waals surface area contributed by atoms with E-state index in [0.717, 1.165) is 42.8 Å². The zero-order valence-electron chi connectivity index (χ0n) is 13.8. The minimum Gasteiger partial charge on any atom is -0.455 e. The van der Waals surface area contributed by atoms with Crippen LogP contribution in [0.4, 0.5) is 5.69 Å². The van der Waals surface area contributed by atoms with E-state index in [-0.39, 0.29) is 6.61 Å². The molecule has 6 nitrogen and oxygen atoms in total. The van der Waals surface area contributed by atoms with Crippen LogP contribution < -0.4 is 4.74 Å². The molecule has 1 N–H and O–H groups in total. The van der Waals surface area contributed by atoms with Crippen molar-refractivity contribution in [2.75, 3.05) is 6.61 Å². The van der Waals surface area contributed by atoms with E-state index < -0.39 is 0 Å². The minimum absolute atomic E-state index is 0.0384. The van der Waals surface area contributed by atoms with Crippen molar-refractivity contribution in [2.45, 2.75) is 44.1 Å². The normalized spacial score (nSPS) is 16.3. The Bertz CT molecular complexity index is 863. The van der Waals surface area contributed by atoms with Gasteiger partial charge in [0.25, 0.3) is 0 Å². The van der Waals surface area contributed by atoms with E-state index in [1.807, 2.05) is 4.68 Å². The number of nitriles is 1. The zero-order chi connectivity index (χ0) is 17.4. The summed E-state index contributed by atoms with van der Waals surface area (Å²) in [4.78, 5) is 3.42. The summed E-state index contributed by atoms with van der Waals surface area (Å²) in [5, 5.41) is 23.2. The first-order chi connectivity index (χ1) is 12.2. The summed E-state index contributed by atoms with van der Waals surface area (Å²) in [6, 6.07) is 6.95. The Balaban J connectivity index is 1.77. The first-order valence-corrected chi connectivity index (χ1v) is 8.55. The first-order valence-electron chi connectivity index (χ1n) is 8.55. The van der Waals surface area contributed by atoms with E-state index in [2.05, 4.69) is 10.9 Å². The van der Waals surface area contributed by atoms with E-state index in [1.165, 1.54) is 0 Å². The number of hydrogen-bond acceptors (Lipinski definition) is 4. The Labute approximate surface area is 146 Å². The number of benzene rings is 1. The van der Waals surface area contributed by atoms with E-state index >= 15 is 0 Å². The summed E-state index contributed by atoms with van der Waals surface area (Å²) in [5.41, 5.74) is 2.79. The van der Waals surface area contributed by atoms with Crippen molar-refractivity contribution in [3.63, 3.8) is 0 Å². The molecule has 4 rings (SSSR count). The summed E-state index contributed by atoms with van der Waals surface area (Å²) in [7, 11) is 0. The van der Waals surface area contributed by atoms with Gasteiger partial charge in [0, 0.05) is 17.4 Å². The molecule has 0 radical (unpaired) electrons. The number of nitrogens with zero attached hydrogens (tertiary/aromatic N) is 4. The van der Waals surface area contributed by atoms with Crippen LogP contribution in [0.15, 0.2) is 18.2 Å². The number of aromatic nitrogens is 2. The van der Waals surface area contributed by atoms with Crippen molar-refractivity contribution >= 4 is 5.69 Å². The molecule has 0 aliphatic heterocycles. The van der Waals surface area contributed by atoms with Crippen LogP contribution in [0.2, 0.25) is 0 Å². The predicted octanol–water partition coefficient (Wildman–Crippen LogP) is 3.84. The lowest BCUT2D eigenvalue weighted by molar-refractivity contribution is 0.266. The zero-order valence-corrected chi connectivity index (χ0v) is 13.8. The maximum Gasteiger partial charge on any atom is 0.192 e. The monoisotopic (exact) mass is 334 g/mol. The van der Waals surface area contributed by atoms with Gasteiger partial charge in [0.15, 0.2) is 11.4 Å². The van der Waals surface area contributed by atoms with Crippen molar-refractivity contribution < 1.29 is 9.84 Å². The molecule has 0 spiro atoms. The van der Waals surface area contributed by atoms with E-state index in [1.54, 1.807) is 18.2 Å². The highest BCUT2D eigenvalue weighted by molar-refractivity contribution is 5.56.